The van der Waals surface area contributed by atoms with Crippen molar-refractivity contribution in [3.63, 3.8) is 0 Å². The quantitative estimate of drug-likeness (QED) is 0.769. The molecule has 0 unspecified atom stereocenters. The molecule has 0 aliphatic rings. The second kappa shape index (κ2) is 6.93. The van der Waals surface area contributed by atoms with Crippen LogP contribution in [0.4, 0.5) is 0 Å². The molecule has 3 rings (SSSR count). The molecule has 4 heteroatoms. The number of aromatic nitrogens is 2. The Morgan fingerprint density at radius 2 is 1.64 bits per heavy atom. The summed E-state index contributed by atoms with van der Waals surface area (Å²) >= 11 is 0. The van der Waals surface area contributed by atoms with Crippen molar-refractivity contribution in [2.24, 2.45) is 0 Å². The lowest BCUT2D eigenvalue weighted by Gasteiger charge is -2.24. The summed E-state index contributed by atoms with van der Waals surface area (Å²) in [7, 11) is 0. The first-order valence-electron chi connectivity index (χ1n) is 8.43. The molecule has 25 heavy (non-hydrogen) atoms. The zero-order valence-electron chi connectivity index (χ0n) is 14.9. The van der Waals surface area contributed by atoms with E-state index in [0.29, 0.717) is 6.54 Å². The fourth-order valence-electron chi connectivity index (χ4n) is 2.73. The average molecular weight is 333 g/mol. The second-order valence-electron chi connectivity index (χ2n) is 6.70. The maximum atomic E-state index is 12.7. The van der Waals surface area contributed by atoms with Crippen LogP contribution in [0, 0.1) is 6.92 Å². The first-order chi connectivity index (χ1) is 12.0. The second-order valence-corrected chi connectivity index (χ2v) is 6.70. The Kier molecular flexibility index (Phi) is 4.70. The number of rotatable bonds is 5. The molecule has 0 bridgehead atoms. The van der Waals surface area contributed by atoms with E-state index >= 15 is 0 Å². The third kappa shape index (κ3) is 3.63. The number of hydrogen-bond acceptors (Lipinski definition) is 2. The van der Waals surface area contributed by atoms with Gasteiger partial charge in [-0.05, 0) is 31.9 Å². The molecule has 0 spiro atoms. The van der Waals surface area contributed by atoms with E-state index in [4.69, 9.17) is 0 Å². The Morgan fingerprint density at radius 3 is 2.28 bits per heavy atom. The predicted molar refractivity (Wildman–Crippen MR) is 100 cm³/mol. The van der Waals surface area contributed by atoms with Crippen LogP contribution in [0.3, 0.4) is 0 Å². The van der Waals surface area contributed by atoms with Gasteiger partial charge in [0.15, 0.2) is 0 Å². The van der Waals surface area contributed by atoms with Gasteiger partial charge in [-0.25, -0.2) is 0 Å². The Bertz CT molecular complexity index is 851. The molecule has 4 nitrogen and oxygen atoms in total. The minimum absolute atomic E-state index is 0.0570. The van der Waals surface area contributed by atoms with E-state index in [2.05, 4.69) is 10.4 Å². The fourth-order valence-corrected chi connectivity index (χ4v) is 2.73. The standard InChI is InChI=1S/C21H23N3O/c1-16-15-24(23-19(16)18-12-8-5-9-13-18)21(2,3)20(25)22-14-17-10-6-4-7-11-17/h4-13,15H,14H2,1-3H3,(H,22,25). The zero-order chi connectivity index (χ0) is 17.9. The highest BCUT2D eigenvalue weighted by Crippen LogP contribution is 2.24. The van der Waals surface area contributed by atoms with E-state index in [9.17, 15) is 4.79 Å². The highest BCUT2D eigenvalue weighted by Gasteiger charge is 2.31. The maximum absolute atomic E-state index is 12.7. The normalized spacial score (nSPS) is 11.3. The number of benzene rings is 2. The third-order valence-corrected chi connectivity index (χ3v) is 4.37. The number of aryl methyl sites for hydroxylation is 1. The summed E-state index contributed by atoms with van der Waals surface area (Å²) in [5.41, 5.74) is 3.32. The van der Waals surface area contributed by atoms with Crippen LogP contribution in [0.5, 0.6) is 0 Å². The van der Waals surface area contributed by atoms with Crippen molar-refractivity contribution in [1.82, 2.24) is 15.1 Å². The number of carbonyl (C=O) groups is 1. The van der Waals surface area contributed by atoms with Crippen molar-refractivity contribution in [3.05, 3.63) is 78.0 Å². The molecule has 0 saturated carbocycles. The Hall–Kier alpha value is -2.88. The Labute approximate surface area is 148 Å². The van der Waals surface area contributed by atoms with Gasteiger partial charge in [-0.1, -0.05) is 60.7 Å². The summed E-state index contributed by atoms with van der Waals surface area (Å²) in [6.07, 6.45) is 1.93. The van der Waals surface area contributed by atoms with E-state index in [1.807, 2.05) is 87.6 Å². The van der Waals surface area contributed by atoms with Gasteiger partial charge in [0.2, 0.25) is 5.91 Å². The van der Waals surface area contributed by atoms with Gasteiger partial charge in [-0.2, -0.15) is 5.10 Å². The van der Waals surface area contributed by atoms with Crippen LogP contribution in [0.2, 0.25) is 0 Å². The van der Waals surface area contributed by atoms with Gasteiger partial charge in [0.1, 0.15) is 5.54 Å². The van der Waals surface area contributed by atoms with Crippen molar-refractivity contribution < 1.29 is 4.79 Å². The van der Waals surface area contributed by atoms with Gasteiger partial charge in [-0.3, -0.25) is 9.48 Å². The predicted octanol–water partition coefficient (Wildman–Crippen LogP) is 3.91. The molecule has 0 aliphatic carbocycles. The van der Waals surface area contributed by atoms with Crippen LogP contribution in [-0.2, 0) is 16.9 Å². The summed E-state index contributed by atoms with van der Waals surface area (Å²) < 4.78 is 1.75. The highest BCUT2D eigenvalue weighted by molar-refractivity contribution is 5.83. The van der Waals surface area contributed by atoms with Crippen molar-refractivity contribution in [2.45, 2.75) is 32.9 Å². The minimum Gasteiger partial charge on any atom is -0.350 e. The Balaban J connectivity index is 1.79. The smallest absolute Gasteiger partial charge is 0.247 e. The molecule has 0 atom stereocenters. The van der Waals surface area contributed by atoms with Gasteiger partial charge in [0.25, 0.3) is 0 Å². The molecule has 0 fully saturated rings. The number of amides is 1. The molecule has 0 saturated heterocycles. The van der Waals surface area contributed by atoms with E-state index in [1.165, 1.54) is 0 Å². The van der Waals surface area contributed by atoms with Gasteiger partial charge in [0, 0.05) is 18.3 Å². The van der Waals surface area contributed by atoms with Crippen molar-refractivity contribution in [3.8, 4) is 11.3 Å². The molecule has 0 aliphatic heterocycles. The van der Waals surface area contributed by atoms with Crippen LogP contribution in [-0.4, -0.2) is 15.7 Å². The molecule has 0 radical (unpaired) electrons. The first kappa shape index (κ1) is 17.0. The largest absolute Gasteiger partial charge is 0.350 e. The zero-order valence-corrected chi connectivity index (χ0v) is 14.9. The van der Waals surface area contributed by atoms with Crippen molar-refractivity contribution in [1.29, 1.82) is 0 Å². The first-order valence-corrected chi connectivity index (χ1v) is 8.43. The van der Waals surface area contributed by atoms with Crippen LogP contribution in [0.15, 0.2) is 66.9 Å². The minimum atomic E-state index is -0.771. The number of nitrogens with zero attached hydrogens (tertiary/aromatic N) is 2. The third-order valence-electron chi connectivity index (χ3n) is 4.37. The lowest BCUT2D eigenvalue weighted by molar-refractivity contribution is -0.129. The maximum Gasteiger partial charge on any atom is 0.247 e. The van der Waals surface area contributed by atoms with Crippen LogP contribution < -0.4 is 5.32 Å². The van der Waals surface area contributed by atoms with Crippen LogP contribution >= 0.6 is 0 Å². The van der Waals surface area contributed by atoms with E-state index < -0.39 is 5.54 Å². The summed E-state index contributed by atoms with van der Waals surface area (Å²) in [5.74, 6) is -0.0570. The Morgan fingerprint density at radius 1 is 1.04 bits per heavy atom. The lowest BCUT2D eigenvalue weighted by Crippen LogP contribution is -2.44. The fraction of sp³-hybridized carbons (Fsp3) is 0.238. The monoisotopic (exact) mass is 333 g/mol. The van der Waals surface area contributed by atoms with Gasteiger partial charge in [-0.15, -0.1) is 0 Å². The van der Waals surface area contributed by atoms with Gasteiger partial charge in [0.05, 0.1) is 5.69 Å². The lowest BCUT2D eigenvalue weighted by atomic mass is 10.0. The number of carbonyl (C=O) groups excluding carboxylic acids is 1. The molecule has 1 amide bonds. The molecular weight excluding hydrogens is 310 g/mol. The van der Waals surface area contributed by atoms with E-state index in [1.54, 1.807) is 4.68 Å². The van der Waals surface area contributed by atoms with Crippen LogP contribution in [0.1, 0.15) is 25.0 Å². The van der Waals surface area contributed by atoms with Crippen LogP contribution in [0.25, 0.3) is 11.3 Å². The molecular formula is C21H23N3O. The molecule has 1 heterocycles. The van der Waals surface area contributed by atoms with Crippen molar-refractivity contribution >= 4 is 5.91 Å². The highest BCUT2D eigenvalue weighted by atomic mass is 16.2. The summed E-state index contributed by atoms with van der Waals surface area (Å²) in [6, 6.07) is 19.9. The summed E-state index contributed by atoms with van der Waals surface area (Å²) in [4.78, 5) is 12.7. The van der Waals surface area contributed by atoms with Crippen molar-refractivity contribution in [2.75, 3.05) is 0 Å². The molecule has 2 aromatic carbocycles. The van der Waals surface area contributed by atoms with E-state index in [-0.39, 0.29) is 5.91 Å². The molecule has 128 valence electrons. The summed E-state index contributed by atoms with van der Waals surface area (Å²) in [6.45, 7) is 6.29. The number of nitrogens with one attached hydrogen (secondary N) is 1. The SMILES string of the molecule is Cc1cn(C(C)(C)C(=O)NCc2ccccc2)nc1-c1ccccc1. The van der Waals surface area contributed by atoms with Gasteiger partial charge < -0.3 is 5.32 Å². The summed E-state index contributed by atoms with van der Waals surface area (Å²) in [5, 5.41) is 7.69. The molecule has 1 N–H and O–H groups in total. The average Bonchev–Trinajstić information content (AvgIpc) is 3.04. The molecule has 3 aromatic rings. The topological polar surface area (TPSA) is 46.9 Å². The number of hydrogen-bond donors (Lipinski definition) is 1. The van der Waals surface area contributed by atoms with E-state index in [0.717, 1.165) is 22.4 Å². The molecule has 1 aromatic heterocycles. The van der Waals surface area contributed by atoms with Gasteiger partial charge >= 0.3 is 0 Å².